The number of carbonyl (C=O) groups excluding carboxylic acids is 2. The lowest BCUT2D eigenvalue weighted by Crippen LogP contribution is -2.50. The number of nitrogens with two attached hydrogens (primary N) is 1. The largest absolute Gasteiger partial charge is 0.494 e. The molecule has 2 rings (SSSR count). The van der Waals surface area contributed by atoms with Crippen molar-refractivity contribution < 1.29 is 19.1 Å². The zero-order valence-corrected chi connectivity index (χ0v) is 17.8. The Labute approximate surface area is 178 Å². The Morgan fingerprint density at radius 3 is 2.28 bits per heavy atom. The van der Waals surface area contributed by atoms with Crippen LogP contribution in [0.5, 0.6) is 5.75 Å². The van der Waals surface area contributed by atoms with E-state index in [9.17, 15) is 9.59 Å². The van der Waals surface area contributed by atoms with E-state index in [1.165, 1.54) is 7.11 Å². The molecular weight excluding hydrogens is 392 g/mol. The van der Waals surface area contributed by atoms with Gasteiger partial charge in [0.2, 0.25) is 5.91 Å². The maximum absolute atomic E-state index is 12.6. The lowest BCUT2D eigenvalue weighted by molar-refractivity contribution is -0.145. The van der Waals surface area contributed by atoms with E-state index in [0.29, 0.717) is 18.6 Å². The van der Waals surface area contributed by atoms with Gasteiger partial charge in [0, 0.05) is 6.54 Å². The SMILES string of the molecule is CCOc1ccc(CC(CNC(=O)C(C)(N)c2ccccc2)C(=O)OC)cc1.Cl. The van der Waals surface area contributed by atoms with Gasteiger partial charge in [0.1, 0.15) is 11.3 Å². The highest BCUT2D eigenvalue weighted by Crippen LogP contribution is 2.19. The molecule has 0 bridgehead atoms. The lowest BCUT2D eigenvalue weighted by Gasteiger charge is -2.25. The molecule has 0 saturated heterocycles. The van der Waals surface area contributed by atoms with Gasteiger partial charge in [-0.2, -0.15) is 0 Å². The number of rotatable bonds is 9. The van der Waals surface area contributed by atoms with Crippen molar-refractivity contribution in [2.24, 2.45) is 11.7 Å². The molecular formula is C22H29ClN2O4. The normalized spacial score (nSPS) is 13.4. The van der Waals surface area contributed by atoms with E-state index in [1.807, 2.05) is 49.4 Å². The van der Waals surface area contributed by atoms with Crippen LogP contribution in [0.3, 0.4) is 0 Å². The van der Waals surface area contributed by atoms with E-state index in [4.69, 9.17) is 15.2 Å². The van der Waals surface area contributed by atoms with Crippen LogP contribution < -0.4 is 15.8 Å². The molecule has 3 N–H and O–H groups in total. The quantitative estimate of drug-likeness (QED) is 0.609. The maximum atomic E-state index is 12.6. The van der Waals surface area contributed by atoms with Crippen LogP contribution in [0.2, 0.25) is 0 Å². The number of nitrogens with one attached hydrogen (secondary N) is 1. The zero-order valence-electron chi connectivity index (χ0n) is 17.0. The fraction of sp³-hybridized carbons (Fsp3) is 0.364. The number of methoxy groups -OCH3 is 1. The number of ether oxygens (including phenoxy) is 2. The van der Waals surface area contributed by atoms with Crippen molar-refractivity contribution in [3.8, 4) is 5.75 Å². The molecule has 2 unspecified atom stereocenters. The first-order valence-corrected chi connectivity index (χ1v) is 9.30. The van der Waals surface area contributed by atoms with Crippen molar-refractivity contribution in [3.63, 3.8) is 0 Å². The maximum Gasteiger partial charge on any atom is 0.310 e. The minimum atomic E-state index is -1.19. The Morgan fingerprint density at radius 1 is 1.10 bits per heavy atom. The Morgan fingerprint density at radius 2 is 1.72 bits per heavy atom. The second-order valence-electron chi connectivity index (χ2n) is 6.78. The molecule has 0 aromatic heterocycles. The van der Waals surface area contributed by atoms with Gasteiger partial charge >= 0.3 is 5.97 Å². The smallest absolute Gasteiger partial charge is 0.310 e. The van der Waals surface area contributed by atoms with Crippen molar-refractivity contribution in [1.29, 1.82) is 0 Å². The van der Waals surface area contributed by atoms with E-state index < -0.39 is 11.5 Å². The third kappa shape index (κ3) is 6.76. The third-order valence-electron chi connectivity index (χ3n) is 4.61. The van der Waals surface area contributed by atoms with E-state index >= 15 is 0 Å². The molecule has 7 heteroatoms. The molecule has 0 spiro atoms. The highest BCUT2D eigenvalue weighted by molar-refractivity contribution is 5.87. The van der Waals surface area contributed by atoms with E-state index in [2.05, 4.69) is 5.32 Å². The van der Waals surface area contributed by atoms with Crippen LogP contribution in [-0.2, 0) is 26.3 Å². The molecule has 0 radical (unpaired) electrons. The molecule has 0 aliphatic rings. The molecule has 2 aromatic carbocycles. The number of hydrogen-bond donors (Lipinski definition) is 2. The Kier molecular flexibility index (Phi) is 9.65. The third-order valence-corrected chi connectivity index (χ3v) is 4.61. The molecule has 0 aliphatic heterocycles. The molecule has 0 saturated carbocycles. The lowest BCUT2D eigenvalue weighted by atomic mass is 9.91. The van der Waals surface area contributed by atoms with Crippen LogP contribution in [0.1, 0.15) is 25.0 Å². The first-order chi connectivity index (χ1) is 13.4. The standard InChI is InChI=1S/C22H28N2O4.ClH/c1-4-28-19-12-10-16(11-13-19)14-17(20(25)27-3)15-24-21(26)22(2,23)18-8-6-5-7-9-18;/h5-13,17H,4,14-15,23H2,1-3H3,(H,24,26);1H. The monoisotopic (exact) mass is 420 g/mol. The predicted octanol–water partition coefficient (Wildman–Crippen LogP) is 2.83. The molecule has 158 valence electrons. The molecule has 29 heavy (non-hydrogen) atoms. The second kappa shape index (κ2) is 11.4. The molecule has 2 aromatic rings. The highest BCUT2D eigenvalue weighted by Gasteiger charge is 2.31. The van der Waals surface area contributed by atoms with Crippen LogP contribution in [0.15, 0.2) is 54.6 Å². The average molecular weight is 421 g/mol. The second-order valence-corrected chi connectivity index (χ2v) is 6.78. The fourth-order valence-electron chi connectivity index (χ4n) is 2.89. The van der Waals surface area contributed by atoms with Gasteiger partial charge in [-0.1, -0.05) is 42.5 Å². The van der Waals surface area contributed by atoms with E-state index in [-0.39, 0.29) is 30.8 Å². The van der Waals surface area contributed by atoms with Crippen LogP contribution in [0, 0.1) is 5.92 Å². The summed E-state index contributed by atoms with van der Waals surface area (Å²) in [5.41, 5.74) is 6.69. The first kappa shape index (κ1) is 24.5. The average Bonchev–Trinajstić information content (AvgIpc) is 2.72. The Bertz CT molecular complexity index is 779. The number of benzene rings is 2. The van der Waals surface area contributed by atoms with Crippen LogP contribution >= 0.6 is 12.4 Å². The summed E-state index contributed by atoms with van der Waals surface area (Å²) in [6.45, 7) is 4.30. The van der Waals surface area contributed by atoms with Gasteiger partial charge in [-0.15, -0.1) is 12.4 Å². The molecule has 0 heterocycles. The van der Waals surface area contributed by atoms with Crippen molar-refractivity contribution >= 4 is 24.3 Å². The summed E-state index contributed by atoms with van der Waals surface area (Å²) in [4.78, 5) is 24.8. The van der Waals surface area contributed by atoms with Gasteiger partial charge < -0.3 is 20.5 Å². The number of halogens is 1. The van der Waals surface area contributed by atoms with E-state index in [1.54, 1.807) is 19.1 Å². The number of hydrogen-bond acceptors (Lipinski definition) is 5. The minimum Gasteiger partial charge on any atom is -0.494 e. The topological polar surface area (TPSA) is 90.6 Å². The number of esters is 1. The van der Waals surface area contributed by atoms with E-state index in [0.717, 1.165) is 11.3 Å². The summed E-state index contributed by atoms with van der Waals surface area (Å²) >= 11 is 0. The minimum absolute atomic E-state index is 0. The Hall–Kier alpha value is -2.57. The number of carbonyl (C=O) groups is 2. The van der Waals surface area contributed by atoms with Gasteiger partial charge in [0.15, 0.2) is 0 Å². The highest BCUT2D eigenvalue weighted by atomic mass is 35.5. The van der Waals surface area contributed by atoms with Crippen molar-refractivity contribution in [2.75, 3.05) is 20.3 Å². The fourth-order valence-corrected chi connectivity index (χ4v) is 2.89. The van der Waals surface area contributed by atoms with Crippen molar-refractivity contribution in [2.45, 2.75) is 25.8 Å². The summed E-state index contributed by atoms with van der Waals surface area (Å²) in [5, 5.41) is 2.80. The molecule has 1 amide bonds. The summed E-state index contributed by atoms with van der Waals surface area (Å²) in [6.07, 6.45) is 0.436. The molecule has 2 atom stereocenters. The van der Waals surface area contributed by atoms with Gasteiger partial charge in [0.25, 0.3) is 0 Å². The van der Waals surface area contributed by atoms with Gasteiger partial charge in [-0.25, -0.2) is 0 Å². The van der Waals surface area contributed by atoms with Gasteiger partial charge in [-0.3, -0.25) is 9.59 Å². The van der Waals surface area contributed by atoms with Gasteiger partial charge in [-0.05, 0) is 43.5 Å². The van der Waals surface area contributed by atoms with Crippen LogP contribution in [0.25, 0.3) is 0 Å². The van der Waals surface area contributed by atoms with Gasteiger partial charge in [0.05, 0.1) is 19.6 Å². The summed E-state index contributed by atoms with van der Waals surface area (Å²) in [5.74, 6) is -0.471. The van der Waals surface area contributed by atoms with Crippen molar-refractivity contribution in [3.05, 3.63) is 65.7 Å². The molecule has 0 aliphatic carbocycles. The number of amides is 1. The summed E-state index contributed by atoms with van der Waals surface area (Å²) in [7, 11) is 1.34. The Balaban J connectivity index is 0.00000420. The summed E-state index contributed by atoms with van der Waals surface area (Å²) < 4.78 is 10.3. The van der Waals surface area contributed by atoms with Crippen molar-refractivity contribution in [1.82, 2.24) is 5.32 Å². The van der Waals surface area contributed by atoms with Crippen LogP contribution in [0.4, 0.5) is 0 Å². The molecule has 0 fully saturated rings. The molecule has 6 nitrogen and oxygen atoms in total. The summed E-state index contributed by atoms with van der Waals surface area (Å²) in [6, 6.07) is 16.7. The van der Waals surface area contributed by atoms with Crippen LogP contribution in [-0.4, -0.2) is 32.1 Å². The predicted molar refractivity (Wildman–Crippen MR) is 115 cm³/mol. The zero-order chi connectivity index (χ0) is 20.6. The first-order valence-electron chi connectivity index (χ1n) is 9.30.